The summed E-state index contributed by atoms with van der Waals surface area (Å²) in [6, 6.07) is 9.88. The molecule has 1 saturated heterocycles. The molecule has 1 amide bonds. The minimum Gasteiger partial charge on any atom is -0.301 e. The minimum atomic E-state index is -3.72. The summed E-state index contributed by atoms with van der Waals surface area (Å²) < 4.78 is 28.4. The smallest absolute Gasteiger partial charge is 0.244 e. The van der Waals surface area contributed by atoms with Gasteiger partial charge in [-0.05, 0) is 60.0 Å². The SMILES string of the molecule is Cc1ccc(S(=O)(=O)N2CCCC2C(=O)Nc2nc(-c3ccc(Br)s3)cs2)cc1. The Hall–Kier alpha value is -1.59. The maximum atomic E-state index is 13.0. The number of carbonyl (C=O) groups excluding carboxylic acids is 1. The van der Waals surface area contributed by atoms with Crippen molar-refractivity contribution in [3.05, 3.63) is 51.1 Å². The first kappa shape index (κ1) is 20.7. The Morgan fingerprint density at radius 1 is 1.24 bits per heavy atom. The first-order valence-corrected chi connectivity index (χ1v) is 12.9. The lowest BCUT2D eigenvalue weighted by atomic mass is 10.2. The predicted molar refractivity (Wildman–Crippen MR) is 120 cm³/mol. The lowest BCUT2D eigenvalue weighted by Gasteiger charge is -2.23. The molecule has 1 unspecified atom stereocenters. The van der Waals surface area contributed by atoms with Gasteiger partial charge < -0.3 is 5.32 Å². The third-order valence-electron chi connectivity index (χ3n) is 4.69. The number of halogens is 1. The van der Waals surface area contributed by atoms with Gasteiger partial charge in [-0.2, -0.15) is 4.31 Å². The molecule has 0 radical (unpaired) electrons. The van der Waals surface area contributed by atoms with Gasteiger partial charge >= 0.3 is 0 Å². The summed E-state index contributed by atoms with van der Waals surface area (Å²) >= 11 is 6.32. The van der Waals surface area contributed by atoms with Gasteiger partial charge in [-0.25, -0.2) is 13.4 Å². The largest absolute Gasteiger partial charge is 0.301 e. The molecule has 3 aromatic rings. The third kappa shape index (κ3) is 4.31. The molecule has 2 aromatic heterocycles. The lowest BCUT2D eigenvalue weighted by Crippen LogP contribution is -2.43. The number of anilines is 1. The molecule has 1 fully saturated rings. The van der Waals surface area contributed by atoms with Gasteiger partial charge in [0.25, 0.3) is 0 Å². The summed E-state index contributed by atoms with van der Waals surface area (Å²) in [4.78, 5) is 18.5. The van der Waals surface area contributed by atoms with Crippen molar-refractivity contribution in [1.29, 1.82) is 0 Å². The van der Waals surface area contributed by atoms with Crippen LogP contribution in [0.15, 0.2) is 50.5 Å². The number of hydrogen-bond acceptors (Lipinski definition) is 6. The van der Waals surface area contributed by atoms with E-state index in [1.807, 2.05) is 24.4 Å². The summed E-state index contributed by atoms with van der Waals surface area (Å²) in [6.07, 6.45) is 1.14. The van der Waals surface area contributed by atoms with E-state index in [2.05, 4.69) is 26.2 Å². The zero-order chi connectivity index (χ0) is 20.6. The second kappa shape index (κ2) is 8.27. The van der Waals surface area contributed by atoms with Crippen LogP contribution in [0.25, 0.3) is 10.6 Å². The Labute approximate surface area is 185 Å². The number of nitrogens with one attached hydrogen (secondary N) is 1. The summed E-state index contributed by atoms with van der Waals surface area (Å²) in [5, 5.41) is 5.14. The van der Waals surface area contributed by atoms with E-state index in [1.54, 1.807) is 35.6 Å². The summed E-state index contributed by atoms with van der Waals surface area (Å²) in [5.74, 6) is -0.341. The van der Waals surface area contributed by atoms with E-state index >= 15 is 0 Å². The average Bonchev–Trinajstić information content (AvgIpc) is 3.42. The highest BCUT2D eigenvalue weighted by Crippen LogP contribution is 2.33. The number of rotatable bonds is 5. The molecule has 29 heavy (non-hydrogen) atoms. The van der Waals surface area contributed by atoms with Gasteiger partial charge in [0.2, 0.25) is 15.9 Å². The van der Waals surface area contributed by atoms with Crippen molar-refractivity contribution in [1.82, 2.24) is 9.29 Å². The van der Waals surface area contributed by atoms with Gasteiger partial charge in [0.1, 0.15) is 6.04 Å². The van der Waals surface area contributed by atoms with Gasteiger partial charge in [0.15, 0.2) is 5.13 Å². The number of aryl methyl sites for hydroxylation is 1. The molecule has 10 heteroatoms. The molecule has 1 atom stereocenters. The monoisotopic (exact) mass is 511 g/mol. The molecule has 3 heterocycles. The zero-order valence-corrected chi connectivity index (χ0v) is 19.5. The van der Waals surface area contributed by atoms with Crippen LogP contribution >= 0.6 is 38.6 Å². The number of hydrogen-bond donors (Lipinski definition) is 1. The van der Waals surface area contributed by atoms with Gasteiger partial charge in [-0.1, -0.05) is 17.7 Å². The zero-order valence-electron chi connectivity index (χ0n) is 15.5. The molecule has 6 nitrogen and oxygen atoms in total. The number of thiophene rings is 1. The Bertz CT molecular complexity index is 1140. The number of nitrogens with zero attached hydrogens (tertiary/aromatic N) is 2. The highest BCUT2D eigenvalue weighted by Gasteiger charge is 2.39. The van der Waals surface area contributed by atoms with Crippen LogP contribution in [0, 0.1) is 6.92 Å². The van der Waals surface area contributed by atoms with E-state index in [0.29, 0.717) is 24.5 Å². The molecule has 1 aromatic carbocycles. The maximum absolute atomic E-state index is 13.0. The third-order valence-corrected chi connectivity index (χ3v) is 9.02. The lowest BCUT2D eigenvalue weighted by molar-refractivity contribution is -0.119. The topological polar surface area (TPSA) is 79.4 Å². The first-order valence-electron chi connectivity index (χ1n) is 8.95. The van der Waals surface area contributed by atoms with Crippen LogP contribution in [0.5, 0.6) is 0 Å². The minimum absolute atomic E-state index is 0.211. The second-order valence-corrected chi connectivity index (χ2v) is 11.9. The maximum Gasteiger partial charge on any atom is 0.244 e. The Balaban J connectivity index is 1.51. The van der Waals surface area contributed by atoms with Gasteiger partial charge in [-0.3, -0.25) is 4.79 Å². The Morgan fingerprint density at radius 2 is 2.00 bits per heavy atom. The molecule has 1 aliphatic heterocycles. The molecule has 4 rings (SSSR count). The van der Waals surface area contributed by atoms with E-state index < -0.39 is 16.1 Å². The van der Waals surface area contributed by atoms with E-state index in [-0.39, 0.29) is 10.8 Å². The predicted octanol–water partition coefficient (Wildman–Crippen LogP) is 4.73. The number of aromatic nitrogens is 1. The van der Waals surface area contributed by atoms with Crippen molar-refractivity contribution < 1.29 is 13.2 Å². The van der Waals surface area contributed by atoms with Gasteiger partial charge in [-0.15, -0.1) is 22.7 Å². The number of amides is 1. The number of sulfonamides is 1. The van der Waals surface area contributed by atoms with E-state index in [4.69, 9.17) is 0 Å². The van der Waals surface area contributed by atoms with Crippen molar-refractivity contribution in [3.63, 3.8) is 0 Å². The van der Waals surface area contributed by atoms with Crippen molar-refractivity contribution in [2.75, 3.05) is 11.9 Å². The first-order chi connectivity index (χ1) is 13.8. The number of benzene rings is 1. The van der Waals surface area contributed by atoms with Gasteiger partial charge in [0, 0.05) is 11.9 Å². The fourth-order valence-electron chi connectivity index (χ4n) is 3.22. The Kier molecular flexibility index (Phi) is 5.90. The molecule has 0 aliphatic carbocycles. The molecule has 0 bridgehead atoms. The molecule has 0 saturated carbocycles. The fraction of sp³-hybridized carbons (Fsp3) is 0.263. The molecule has 1 N–H and O–H groups in total. The second-order valence-electron chi connectivity index (χ2n) is 6.72. The van der Waals surface area contributed by atoms with Crippen molar-refractivity contribution in [3.8, 4) is 10.6 Å². The Morgan fingerprint density at radius 3 is 2.69 bits per heavy atom. The standard InChI is InChI=1S/C19H18BrN3O3S3/c1-12-4-6-13(7-5-12)29(25,26)23-10-2-3-15(23)18(24)22-19-21-14(11-27-19)16-8-9-17(20)28-16/h4-9,11,15H,2-3,10H2,1H3,(H,21,22,24). The molecule has 1 aliphatic rings. The molecule has 0 spiro atoms. The van der Waals surface area contributed by atoms with Crippen molar-refractivity contribution in [2.24, 2.45) is 0 Å². The van der Waals surface area contributed by atoms with Crippen LogP contribution in [0.1, 0.15) is 18.4 Å². The van der Waals surface area contributed by atoms with Gasteiger partial charge in [0.05, 0.1) is 19.3 Å². The van der Waals surface area contributed by atoms with E-state index in [1.165, 1.54) is 15.6 Å². The quantitative estimate of drug-likeness (QED) is 0.536. The molecular formula is C19H18BrN3O3S3. The van der Waals surface area contributed by atoms with E-state index in [0.717, 1.165) is 19.9 Å². The van der Waals surface area contributed by atoms with Crippen LogP contribution in [-0.2, 0) is 14.8 Å². The van der Waals surface area contributed by atoms with Crippen LogP contribution in [-0.4, -0.2) is 36.2 Å². The summed E-state index contributed by atoms with van der Waals surface area (Å²) in [7, 11) is -3.72. The number of thiazole rings is 1. The van der Waals surface area contributed by atoms with Crippen LogP contribution in [0.3, 0.4) is 0 Å². The van der Waals surface area contributed by atoms with Crippen LogP contribution < -0.4 is 5.32 Å². The highest BCUT2D eigenvalue weighted by molar-refractivity contribution is 9.11. The molecular weight excluding hydrogens is 494 g/mol. The fourth-order valence-corrected chi connectivity index (χ4v) is 7.01. The summed E-state index contributed by atoms with van der Waals surface area (Å²) in [6.45, 7) is 2.24. The van der Waals surface area contributed by atoms with Crippen LogP contribution in [0.4, 0.5) is 5.13 Å². The summed E-state index contributed by atoms with van der Waals surface area (Å²) in [5.41, 5.74) is 1.77. The highest BCUT2D eigenvalue weighted by atomic mass is 79.9. The molecule has 152 valence electrons. The van der Waals surface area contributed by atoms with Crippen LogP contribution in [0.2, 0.25) is 0 Å². The normalized spacial score (nSPS) is 17.5. The van der Waals surface area contributed by atoms with Crippen molar-refractivity contribution >= 4 is 59.7 Å². The number of carbonyl (C=O) groups is 1. The van der Waals surface area contributed by atoms with Crippen molar-refractivity contribution in [2.45, 2.75) is 30.7 Å². The average molecular weight is 512 g/mol. The van der Waals surface area contributed by atoms with E-state index in [9.17, 15) is 13.2 Å².